The van der Waals surface area contributed by atoms with Crippen LogP contribution >= 0.6 is 0 Å². The second-order valence-corrected chi connectivity index (χ2v) is 9.49. The zero-order chi connectivity index (χ0) is 26.8. The predicted molar refractivity (Wildman–Crippen MR) is 143 cm³/mol. The molecule has 4 aromatic rings. The number of nitrogens with zero attached hydrogens (tertiary/aromatic N) is 2. The van der Waals surface area contributed by atoms with Crippen LogP contribution in [0.3, 0.4) is 0 Å². The number of carbonyl (C=O) groups is 2. The highest BCUT2D eigenvalue weighted by atomic mass is 19.1. The average molecular weight is 528 g/mol. The molecule has 4 heterocycles. The van der Waals surface area contributed by atoms with E-state index in [1.807, 2.05) is 12.1 Å². The summed E-state index contributed by atoms with van der Waals surface area (Å²) in [6.07, 6.45) is 2.91. The first-order valence-corrected chi connectivity index (χ1v) is 12.8. The van der Waals surface area contributed by atoms with Gasteiger partial charge in [-0.1, -0.05) is 6.07 Å². The smallest absolute Gasteiger partial charge is 0.319 e. The fraction of sp³-hybridized carbons (Fsp3) is 0.241. The summed E-state index contributed by atoms with van der Waals surface area (Å²) in [7, 11) is 0. The Labute approximate surface area is 223 Å². The second kappa shape index (κ2) is 10.7. The zero-order valence-electron chi connectivity index (χ0n) is 21.0. The quantitative estimate of drug-likeness (QED) is 0.336. The normalized spacial score (nSPS) is 14.3. The third kappa shape index (κ3) is 5.37. The van der Waals surface area contributed by atoms with Crippen LogP contribution in [0.25, 0.3) is 22.2 Å². The number of urea groups is 1. The number of aromatic nitrogens is 2. The van der Waals surface area contributed by atoms with Crippen LogP contribution in [0.15, 0.2) is 60.8 Å². The highest BCUT2D eigenvalue weighted by Gasteiger charge is 2.22. The highest BCUT2D eigenvalue weighted by molar-refractivity contribution is 6.05. The minimum Gasteiger partial charge on any atom is -0.491 e. The zero-order valence-corrected chi connectivity index (χ0v) is 21.0. The molecule has 0 atom stereocenters. The summed E-state index contributed by atoms with van der Waals surface area (Å²) in [5, 5.41) is 9.33. The number of hydrogen-bond donors (Lipinski definition) is 3. The molecule has 0 unspecified atom stereocenters. The first kappa shape index (κ1) is 24.7. The summed E-state index contributed by atoms with van der Waals surface area (Å²) in [5.74, 6) is 0.138. The number of pyridine rings is 2. The largest absolute Gasteiger partial charge is 0.491 e. The Morgan fingerprint density at radius 1 is 1.08 bits per heavy atom. The Morgan fingerprint density at radius 2 is 1.92 bits per heavy atom. The van der Waals surface area contributed by atoms with Crippen molar-refractivity contribution >= 4 is 28.5 Å². The third-order valence-electron chi connectivity index (χ3n) is 6.69. The van der Waals surface area contributed by atoms with Crippen LogP contribution in [-0.2, 0) is 17.6 Å². The Kier molecular flexibility index (Phi) is 6.76. The van der Waals surface area contributed by atoms with Gasteiger partial charge in [0.15, 0.2) is 0 Å². The monoisotopic (exact) mass is 527 g/mol. The summed E-state index contributed by atoms with van der Waals surface area (Å²) in [5.41, 5.74) is 4.75. The van der Waals surface area contributed by atoms with Gasteiger partial charge in [0.25, 0.3) is 5.91 Å². The molecule has 9 nitrogen and oxygen atoms in total. The minimum absolute atomic E-state index is 0.0290. The number of halogens is 1. The van der Waals surface area contributed by atoms with Crippen LogP contribution in [0.2, 0.25) is 0 Å². The van der Waals surface area contributed by atoms with Gasteiger partial charge in [0.2, 0.25) is 0 Å². The van der Waals surface area contributed by atoms with Crippen molar-refractivity contribution in [2.45, 2.75) is 18.9 Å². The Hall–Kier alpha value is -4.57. The van der Waals surface area contributed by atoms with Gasteiger partial charge in [-0.05, 0) is 48.5 Å². The molecular formula is C29H26FN5O4. The van der Waals surface area contributed by atoms with Crippen LogP contribution in [0.4, 0.5) is 14.9 Å². The topological polar surface area (TPSA) is 114 Å². The van der Waals surface area contributed by atoms with Crippen molar-refractivity contribution in [3.63, 3.8) is 0 Å². The van der Waals surface area contributed by atoms with E-state index in [0.717, 1.165) is 34.4 Å². The molecule has 39 heavy (non-hydrogen) atoms. The number of amides is 3. The molecule has 0 saturated carbocycles. The first-order valence-electron chi connectivity index (χ1n) is 12.8. The lowest BCUT2D eigenvalue weighted by Gasteiger charge is -2.26. The number of rotatable bonds is 7. The van der Waals surface area contributed by atoms with E-state index in [0.29, 0.717) is 55.2 Å². The summed E-state index contributed by atoms with van der Waals surface area (Å²) >= 11 is 0. The van der Waals surface area contributed by atoms with Crippen LogP contribution in [0.1, 0.15) is 21.6 Å². The van der Waals surface area contributed by atoms with Crippen LogP contribution in [-0.4, -0.2) is 54.3 Å². The van der Waals surface area contributed by atoms with Crippen molar-refractivity contribution in [1.29, 1.82) is 0 Å². The minimum atomic E-state index is -0.378. The van der Waals surface area contributed by atoms with Crippen LogP contribution < -0.4 is 20.7 Å². The number of benzene rings is 2. The lowest BCUT2D eigenvalue weighted by Crippen LogP contribution is -2.50. The second-order valence-electron chi connectivity index (χ2n) is 9.49. The van der Waals surface area contributed by atoms with E-state index in [1.54, 1.807) is 36.5 Å². The molecule has 3 amide bonds. The Balaban J connectivity index is 1.17. The number of fused-ring (bicyclic) bond motifs is 2. The van der Waals surface area contributed by atoms with E-state index in [9.17, 15) is 14.0 Å². The van der Waals surface area contributed by atoms with E-state index >= 15 is 0 Å². The summed E-state index contributed by atoms with van der Waals surface area (Å²) in [6, 6.07) is 14.8. The molecule has 1 saturated heterocycles. The molecule has 1 fully saturated rings. The van der Waals surface area contributed by atoms with Gasteiger partial charge in [-0.25, -0.2) is 14.2 Å². The van der Waals surface area contributed by atoms with Gasteiger partial charge in [-0.15, -0.1) is 0 Å². The number of carbonyl (C=O) groups excluding carboxylic acids is 2. The van der Waals surface area contributed by atoms with Crippen molar-refractivity contribution < 1.29 is 23.5 Å². The van der Waals surface area contributed by atoms with E-state index in [-0.39, 0.29) is 23.8 Å². The van der Waals surface area contributed by atoms with Crippen LogP contribution in [0.5, 0.6) is 5.75 Å². The highest BCUT2D eigenvalue weighted by Crippen LogP contribution is 2.36. The van der Waals surface area contributed by atoms with Crippen LogP contribution in [0, 0.1) is 5.82 Å². The van der Waals surface area contributed by atoms with Crippen molar-refractivity contribution in [3.05, 3.63) is 83.4 Å². The molecule has 2 aromatic carbocycles. The van der Waals surface area contributed by atoms with Gasteiger partial charge >= 0.3 is 6.03 Å². The van der Waals surface area contributed by atoms with Crippen molar-refractivity contribution in [2.75, 3.05) is 31.7 Å². The third-order valence-corrected chi connectivity index (χ3v) is 6.69. The lowest BCUT2D eigenvalue weighted by molar-refractivity contribution is 0.000736. The first-order chi connectivity index (χ1) is 19.0. The van der Waals surface area contributed by atoms with Gasteiger partial charge in [-0.2, -0.15) is 0 Å². The summed E-state index contributed by atoms with van der Waals surface area (Å²) < 4.78 is 24.4. The van der Waals surface area contributed by atoms with Crippen molar-refractivity contribution in [2.24, 2.45) is 0 Å². The number of nitrogens with one attached hydrogen (secondary N) is 3. The molecule has 3 N–H and O–H groups in total. The molecule has 2 aliphatic rings. The maximum atomic E-state index is 13.5. The Morgan fingerprint density at radius 3 is 2.72 bits per heavy atom. The molecular weight excluding hydrogens is 501 g/mol. The molecule has 0 bridgehead atoms. The van der Waals surface area contributed by atoms with Gasteiger partial charge in [0.1, 0.15) is 17.3 Å². The Bertz CT molecular complexity index is 1560. The number of ether oxygens (including phenoxy) is 2. The van der Waals surface area contributed by atoms with Crippen molar-refractivity contribution in [1.82, 2.24) is 20.6 Å². The summed E-state index contributed by atoms with van der Waals surface area (Å²) in [4.78, 5) is 34.7. The van der Waals surface area contributed by atoms with E-state index in [4.69, 9.17) is 14.5 Å². The van der Waals surface area contributed by atoms with Crippen molar-refractivity contribution in [3.8, 4) is 17.0 Å². The molecule has 6 rings (SSSR count). The fourth-order valence-electron chi connectivity index (χ4n) is 4.67. The van der Waals surface area contributed by atoms with E-state index in [2.05, 4.69) is 20.9 Å². The molecule has 0 radical (unpaired) electrons. The van der Waals surface area contributed by atoms with Gasteiger partial charge in [0, 0.05) is 53.4 Å². The van der Waals surface area contributed by atoms with E-state index in [1.165, 1.54) is 12.1 Å². The van der Waals surface area contributed by atoms with Gasteiger partial charge < -0.3 is 25.4 Å². The van der Waals surface area contributed by atoms with Gasteiger partial charge in [0.05, 0.1) is 37.1 Å². The maximum Gasteiger partial charge on any atom is 0.319 e. The number of hydrogen-bond acceptors (Lipinski definition) is 6. The van der Waals surface area contributed by atoms with Gasteiger partial charge in [-0.3, -0.25) is 9.78 Å². The molecule has 0 aliphatic carbocycles. The molecule has 0 spiro atoms. The molecule has 10 heteroatoms. The average Bonchev–Trinajstić information content (AvgIpc) is 3.39. The summed E-state index contributed by atoms with van der Waals surface area (Å²) in [6.45, 7) is 1.88. The molecule has 2 aromatic heterocycles. The lowest BCUT2D eigenvalue weighted by atomic mass is 10.0. The SMILES string of the molecule is O=C(Nc1cc(C(=O)NCCc2cc3c(c(-c4ccc(F)cc4)n2)OCC3)cc2cccnc12)NC1COC1. The fourth-order valence-corrected chi connectivity index (χ4v) is 4.67. The maximum absolute atomic E-state index is 13.5. The number of anilines is 1. The molecule has 198 valence electrons. The predicted octanol–water partition coefficient (Wildman–Crippen LogP) is 3.86. The molecule has 2 aliphatic heterocycles. The standard InChI is InChI=1S/C29H26FN5O4/c30-21-5-3-17(4-6-21)26-27-19(8-11-39-27)13-22(33-26)7-10-32-28(36)20-12-18-2-1-9-31-25(18)24(14-20)35-29(37)34-23-15-38-16-23/h1-6,9,12-14,23H,7-8,10-11,15-16H2,(H,32,36)(H2,34,35,37). The van der Waals surface area contributed by atoms with E-state index < -0.39 is 0 Å².